The summed E-state index contributed by atoms with van der Waals surface area (Å²) in [5, 5.41) is 4.70. The quantitative estimate of drug-likeness (QED) is 0.321. The van der Waals surface area contributed by atoms with Crippen molar-refractivity contribution in [3.63, 3.8) is 0 Å². The third kappa shape index (κ3) is 4.99. The fourth-order valence-corrected chi connectivity index (χ4v) is 5.36. The molecule has 0 spiro atoms. The van der Waals surface area contributed by atoms with E-state index in [1.165, 1.54) is 0 Å². The van der Waals surface area contributed by atoms with Crippen molar-refractivity contribution in [3.05, 3.63) is 78.8 Å². The van der Waals surface area contributed by atoms with E-state index >= 15 is 0 Å². The fourth-order valence-electron chi connectivity index (χ4n) is 5.36. The molecule has 0 amide bonds. The predicted molar refractivity (Wildman–Crippen MR) is 156 cm³/mol. The van der Waals surface area contributed by atoms with Crippen LogP contribution in [0.1, 0.15) is 19.5 Å². The van der Waals surface area contributed by atoms with Crippen molar-refractivity contribution in [1.82, 2.24) is 29.2 Å². The lowest BCUT2D eigenvalue weighted by Gasteiger charge is -2.36. The molecule has 0 aliphatic carbocycles. The van der Waals surface area contributed by atoms with Gasteiger partial charge in [0.15, 0.2) is 0 Å². The van der Waals surface area contributed by atoms with E-state index < -0.39 is 0 Å². The minimum atomic E-state index is 0.633. The molecule has 194 valence electrons. The number of piperazine rings is 1. The highest BCUT2D eigenvalue weighted by Crippen LogP contribution is 2.33. The Balaban J connectivity index is 1.26. The van der Waals surface area contributed by atoms with Crippen molar-refractivity contribution >= 4 is 22.2 Å². The molecule has 1 aromatic carbocycles. The normalized spacial score (nSPS) is 15.1. The molecule has 7 nitrogen and oxygen atoms in total. The van der Waals surface area contributed by atoms with E-state index in [2.05, 4.69) is 63.8 Å². The molecule has 0 atom stereocenters. The molecule has 0 saturated carbocycles. The molecule has 6 rings (SSSR count). The van der Waals surface area contributed by atoms with E-state index in [4.69, 9.17) is 15.0 Å². The van der Waals surface area contributed by atoms with Crippen molar-refractivity contribution < 1.29 is 0 Å². The second kappa shape index (κ2) is 10.5. The van der Waals surface area contributed by atoms with Crippen molar-refractivity contribution in [3.8, 4) is 22.6 Å². The number of rotatable bonds is 7. The van der Waals surface area contributed by atoms with Crippen molar-refractivity contribution in [2.24, 2.45) is 0 Å². The second-order valence-corrected chi connectivity index (χ2v) is 10.4. The lowest BCUT2D eigenvalue weighted by atomic mass is 10.0. The number of aryl methyl sites for hydroxylation is 1. The number of anilines is 1. The minimum Gasteiger partial charge on any atom is -0.382 e. The maximum atomic E-state index is 4.96. The Morgan fingerprint density at radius 3 is 2.61 bits per heavy atom. The maximum Gasteiger partial charge on any atom is 0.138 e. The fraction of sp³-hybridized carbons (Fsp3) is 0.323. The Bertz CT molecular complexity index is 1560. The summed E-state index contributed by atoms with van der Waals surface area (Å²) in [5.41, 5.74) is 7.82. The number of hydrogen-bond acceptors (Lipinski definition) is 6. The highest BCUT2D eigenvalue weighted by atomic mass is 15.3. The number of nitrogens with zero attached hydrogens (tertiary/aromatic N) is 6. The number of aromatic nitrogens is 4. The predicted octanol–water partition coefficient (Wildman–Crippen LogP) is 5.36. The summed E-state index contributed by atoms with van der Waals surface area (Å²) in [5.74, 6) is 0. The molecular formula is C31H35N7. The SMILES string of the molecule is Cc1cccc(-c2nc3ccccn3c2-c2ccc3ncc(NCCN4CCN(C(C)C)CC4)cc3c2)n1. The second-order valence-electron chi connectivity index (χ2n) is 10.4. The smallest absolute Gasteiger partial charge is 0.138 e. The molecule has 5 heterocycles. The zero-order valence-electron chi connectivity index (χ0n) is 22.4. The number of nitrogens with one attached hydrogen (secondary N) is 1. The van der Waals surface area contributed by atoms with Gasteiger partial charge in [0.1, 0.15) is 11.3 Å². The van der Waals surface area contributed by atoms with Gasteiger partial charge in [-0.2, -0.15) is 0 Å². The van der Waals surface area contributed by atoms with E-state index in [9.17, 15) is 0 Å². The largest absolute Gasteiger partial charge is 0.382 e. The highest BCUT2D eigenvalue weighted by Gasteiger charge is 2.19. The van der Waals surface area contributed by atoms with Gasteiger partial charge in [-0.25, -0.2) is 4.98 Å². The molecule has 1 saturated heterocycles. The molecule has 4 aromatic heterocycles. The van der Waals surface area contributed by atoms with Gasteiger partial charge in [-0.05, 0) is 63.2 Å². The number of benzene rings is 1. The van der Waals surface area contributed by atoms with E-state index in [1.807, 2.05) is 49.5 Å². The zero-order valence-corrected chi connectivity index (χ0v) is 22.4. The maximum absolute atomic E-state index is 4.96. The lowest BCUT2D eigenvalue weighted by Crippen LogP contribution is -2.49. The Morgan fingerprint density at radius 1 is 0.921 bits per heavy atom. The van der Waals surface area contributed by atoms with Crippen LogP contribution in [-0.2, 0) is 0 Å². The summed E-state index contributed by atoms with van der Waals surface area (Å²) in [6, 6.07) is 21.5. The first kappa shape index (κ1) is 24.5. The molecule has 0 radical (unpaired) electrons. The third-order valence-electron chi connectivity index (χ3n) is 7.51. The molecule has 5 aromatic rings. The third-order valence-corrected chi connectivity index (χ3v) is 7.51. The van der Waals surface area contributed by atoms with Crippen molar-refractivity contribution in [2.45, 2.75) is 26.8 Å². The number of pyridine rings is 3. The molecule has 0 unspecified atom stereocenters. The van der Waals surface area contributed by atoms with Gasteiger partial charge < -0.3 is 5.32 Å². The topological polar surface area (TPSA) is 61.6 Å². The summed E-state index contributed by atoms with van der Waals surface area (Å²) in [6.07, 6.45) is 4.01. The molecule has 0 bridgehead atoms. The standard InChI is InChI=1S/C31H35N7/c1-22(2)37-17-15-36(16-18-37)14-12-32-26-20-25-19-24(10-11-27(25)33-21-26)31-30(28-8-6-7-23(3)34-28)35-29-9-4-5-13-38(29)31/h4-11,13,19-22,32H,12,14-18H2,1-3H3. The molecule has 1 fully saturated rings. The first-order valence-electron chi connectivity index (χ1n) is 13.6. The average Bonchev–Trinajstić information content (AvgIpc) is 3.33. The summed E-state index contributed by atoms with van der Waals surface area (Å²) in [7, 11) is 0. The summed E-state index contributed by atoms with van der Waals surface area (Å²) >= 11 is 0. The lowest BCUT2D eigenvalue weighted by molar-refractivity contribution is 0.111. The van der Waals surface area contributed by atoms with Crippen molar-refractivity contribution in [2.75, 3.05) is 44.6 Å². The van der Waals surface area contributed by atoms with Gasteiger partial charge in [0.2, 0.25) is 0 Å². The minimum absolute atomic E-state index is 0.633. The number of hydrogen-bond donors (Lipinski definition) is 1. The summed E-state index contributed by atoms with van der Waals surface area (Å²) in [4.78, 5) is 19.6. The van der Waals surface area contributed by atoms with Gasteiger partial charge in [-0.15, -0.1) is 0 Å². The van der Waals surface area contributed by atoms with E-state index in [1.54, 1.807) is 0 Å². The number of fused-ring (bicyclic) bond motifs is 2. The number of imidazole rings is 1. The Hall–Kier alpha value is -3.81. The van der Waals surface area contributed by atoms with Gasteiger partial charge in [-0.1, -0.05) is 18.2 Å². The zero-order chi connectivity index (χ0) is 26.1. The van der Waals surface area contributed by atoms with Crippen LogP contribution in [0, 0.1) is 6.92 Å². The van der Waals surface area contributed by atoms with Gasteiger partial charge >= 0.3 is 0 Å². The van der Waals surface area contributed by atoms with E-state index in [0.717, 1.165) is 89.8 Å². The summed E-state index contributed by atoms with van der Waals surface area (Å²) in [6.45, 7) is 13.1. The van der Waals surface area contributed by atoms with Gasteiger partial charge in [0.25, 0.3) is 0 Å². The van der Waals surface area contributed by atoms with Gasteiger partial charge in [0, 0.05) is 68.2 Å². The van der Waals surface area contributed by atoms with Crippen LogP contribution in [0.15, 0.2) is 73.1 Å². The van der Waals surface area contributed by atoms with Crippen LogP contribution >= 0.6 is 0 Å². The van der Waals surface area contributed by atoms with Crippen LogP contribution in [0.5, 0.6) is 0 Å². The van der Waals surface area contributed by atoms with Crippen LogP contribution < -0.4 is 5.32 Å². The van der Waals surface area contributed by atoms with Gasteiger partial charge in [-0.3, -0.25) is 24.2 Å². The molecular weight excluding hydrogens is 470 g/mol. The Labute approximate surface area is 224 Å². The van der Waals surface area contributed by atoms with Crippen LogP contribution in [0.2, 0.25) is 0 Å². The molecule has 1 N–H and O–H groups in total. The first-order valence-corrected chi connectivity index (χ1v) is 13.6. The molecule has 1 aliphatic heterocycles. The Kier molecular flexibility index (Phi) is 6.79. The molecule has 38 heavy (non-hydrogen) atoms. The van der Waals surface area contributed by atoms with Crippen LogP contribution in [0.25, 0.3) is 39.2 Å². The van der Waals surface area contributed by atoms with Crippen molar-refractivity contribution in [1.29, 1.82) is 0 Å². The van der Waals surface area contributed by atoms with E-state index in [-0.39, 0.29) is 0 Å². The van der Waals surface area contributed by atoms with E-state index in [0.29, 0.717) is 6.04 Å². The highest BCUT2D eigenvalue weighted by molar-refractivity contribution is 5.89. The monoisotopic (exact) mass is 505 g/mol. The Morgan fingerprint density at radius 2 is 1.79 bits per heavy atom. The first-order chi connectivity index (χ1) is 18.5. The average molecular weight is 506 g/mol. The summed E-state index contributed by atoms with van der Waals surface area (Å²) < 4.78 is 2.15. The van der Waals surface area contributed by atoms with Gasteiger partial charge in [0.05, 0.1) is 28.8 Å². The van der Waals surface area contributed by atoms with Crippen LogP contribution in [0.3, 0.4) is 0 Å². The molecule has 7 heteroatoms. The van der Waals surface area contributed by atoms with Crippen LogP contribution in [-0.4, -0.2) is 74.5 Å². The molecule has 1 aliphatic rings. The van der Waals surface area contributed by atoms with Crippen LogP contribution in [0.4, 0.5) is 5.69 Å².